The molecule has 2 aromatic carbocycles. The van der Waals surface area contributed by atoms with Crippen molar-refractivity contribution in [2.24, 2.45) is 0 Å². The molecule has 0 radical (unpaired) electrons. The second kappa shape index (κ2) is 8.83. The number of ether oxygens (including phenoxy) is 2. The average molecular weight is 395 g/mol. The smallest absolute Gasteiger partial charge is 0.274 e. The Balaban J connectivity index is 1.76. The number of aromatic nitrogens is 1. The summed E-state index contributed by atoms with van der Waals surface area (Å²) in [5.41, 5.74) is 0.766. The number of anilines is 2. The Morgan fingerprint density at radius 1 is 0.862 bits per heavy atom. The van der Waals surface area contributed by atoms with Gasteiger partial charge in [-0.25, -0.2) is 9.37 Å². The summed E-state index contributed by atoms with van der Waals surface area (Å²) in [6.45, 7) is 0. The number of hydrogen-bond donors (Lipinski definition) is 2. The van der Waals surface area contributed by atoms with E-state index in [-0.39, 0.29) is 17.1 Å². The molecule has 0 unspecified atom stereocenters. The van der Waals surface area contributed by atoms with Crippen molar-refractivity contribution in [3.05, 3.63) is 77.9 Å². The van der Waals surface area contributed by atoms with Crippen molar-refractivity contribution in [1.82, 2.24) is 4.98 Å². The number of methoxy groups -OCH3 is 2. The Labute approximate surface area is 166 Å². The van der Waals surface area contributed by atoms with Crippen LogP contribution in [0.15, 0.2) is 60.7 Å². The molecule has 3 aromatic rings. The van der Waals surface area contributed by atoms with E-state index in [1.807, 2.05) is 0 Å². The molecule has 0 fully saturated rings. The lowest BCUT2D eigenvalue weighted by Gasteiger charge is -2.12. The van der Waals surface area contributed by atoms with Gasteiger partial charge in [0, 0.05) is 11.8 Å². The Bertz CT molecular complexity index is 1060. The zero-order valence-corrected chi connectivity index (χ0v) is 15.7. The molecule has 0 spiro atoms. The summed E-state index contributed by atoms with van der Waals surface area (Å²) in [4.78, 5) is 29.0. The molecule has 2 N–H and O–H groups in total. The zero-order valence-electron chi connectivity index (χ0n) is 15.7. The maximum absolute atomic E-state index is 13.3. The summed E-state index contributed by atoms with van der Waals surface area (Å²) < 4.78 is 23.6. The maximum Gasteiger partial charge on any atom is 0.274 e. The molecule has 0 atom stereocenters. The summed E-state index contributed by atoms with van der Waals surface area (Å²) >= 11 is 0. The van der Waals surface area contributed by atoms with Gasteiger partial charge < -0.3 is 20.1 Å². The van der Waals surface area contributed by atoms with E-state index in [0.29, 0.717) is 17.2 Å². The van der Waals surface area contributed by atoms with Crippen LogP contribution in [0.25, 0.3) is 0 Å². The fraction of sp³-hybridized carbons (Fsp3) is 0.0952. The van der Waals surface area contributed by atoms with Crippen LogP contribution >= 0.6 is 0 Å². The van der Waals surface area contributed by atoms with E-state index >= 15 is 0 Å². The van der Waals surface area contributed by atoms with Gasteiger partial charge in [0.2, 0.25) is 0 Å². The van der Waals surface area contributed by atoms with Crippen LogP contribution in [0.3, 0.4) is 0 Å². The number of nitrogens with one attached hydrogen (secondary N) is 2. The first-order chi connectivity index (χ1) is 14.0. The van der Waals surface area contributed by atoms with Crippen LogP contribution in [0, 0.1) is 5.82 Å². The molecule has 29 heavy (non-hydrogen) atoms. The number of nitrogens with zero attached hydrogens (tertiary/aromatic N) is 1. The van der Waals surface area contributed by atoms with E-state index in [0.717, 1.165) is 0 Å². The summed E-state index contributed by atoms with van der Waals surface area (Å²) in [5, 5.41) is 5.23. The highest BCUT2D eigenvalue weighted by molar-refractivity contribution is 6.06. The molecule has 0 aliphatic carbocycles. The van der Waals surface area contributed by atoms with E-state index in [2.05, 4.69) is 15.6 Å². The number of benzene rings is 2. The molecule has 0 saturated carbocycles. The second-order valence-corrected chi connectivity index (χ2v) is 5.89. The quantitative estimate of drug-likeness (QED) is 0.664. The van der Waals surface area contributed by atoms with Crippen LogP contribution in [0.2, 0.25) is 0 Å². The van der Waals surface area contributed by atoms with Gasteiger partial charge in [-0.05, 0) is 42.5 Å². The third-order valence-electron chi connectivity index (χ3n) is 3.95. The lowest BCUT2D eigenvalue weighted by atomic mass is 10.2. The van der Waals surface area contributed by atoms with Crippen molar-refractivity contribution in [3.8, 4) is 11.5 Å². The average Bonchev–Trinajstić information content (AvgIpc) is 2.74. The predicted octanol–water partition coefficient (Wildman–Crippen LogP) is 3.74. The van der Waals surface area contributed by atoms with Gasteiger partial charge in [-0.1, -0.05) is 12.1 Å². The third-order valence-corrected chi connectivity index (χ3v) is 3.95. The first-order valence-corrected chi connectivity index (χ1v) is 8.57. The van der Waals surface area contributed by atoms with Crippen molar-refractivity contribution in [2.45, 2.75) is 0 Å². The number of pyridine rings is 1. The van der Waals surface area contributed by atoms with Gasteiger partial charge in [-0.3, -0.25) is 9.59 Å². The Kier molecular flexibility index (Phi) is 6.03. The Hall–Kier alpha value is -3.94. The van der Waals surface area contributed by atoms with Crippen LogP contribution in [-0.2, 0) is 0 Å². The van der Waals surface area contributed by atoms with E-state index in [4.69, 9.17) is 9.47 Å². The van der Waals surface area contributed by atoms with Gasteiger partial charge in [0.1, 0.15) is 28.7 Å². The van der Waals surface area contributed by atoms with E-state index in [1.54, 1.807) is 24.3 Å². The second-order valence-electron chi connectivity index (χ2n) is 5.89. The SMILES string of the molecule is COc1ccc(NC(=O)c2cccc(C(=O)Nc3cccc(F)c3)n2)c(OC)c1. The topological polar surface area (TPSA) is 89.5 Å². The van der Waals surface area contributed by atoms with Crippen molar-refractivity contribution >= 4 is 23.2 Å². The van der Waals surface area contributed by atoms with Crippen molar-refractivity contribution < 1.29 is 23.5 Å². The summed E-state index contributed by atoms with van der Waals surface area (Å²) in [6, 6.07) is 14.9. The minimum absolute atomic E-state index is 0.0172. The fourth-order valence-electron chi connectivity index (χ4n) is 2.54. The molecule has 8 heteroatoms. The minimum Gasteiger partial charge on any atom is -0.497 e. The van der Waals surface area contributed by atoms with Crippen LogP contribution in [0.4, 0.5) is 15.8 Å². The number of carbonyl (C=O) groups excluding carboxylic acids is 2. The highest BCUT2D eigenvalue weighted by Crippen LogP contribution is 2.29. The first-order valence-electron chi connectivity index (χ1n) is 8.57. The molecule has 0 saturated heterocycles. The molecule has 148 valence electrons. The fourth-order valence-corrected chi connectivity index (χ4v) is 2.54. The molecule has 0 bridgehead atoms. The summed E-state index contributed by atoms with van der Waals surface area (Å²) in [5.74, 6) is -0.565. The van der Waals surface area contributed by atoms with Crippen molar-refractivity contribution in [1.29, 1.82) is 0 Å². The number of amides is 2. The molecule has 0 aliphatic heterocycles. The highest BCUT2D eigenvalue weighted by Gasteiger charge is 2.15. The van der Waals surface area contributed by atoms with Gasteiger partial charge in [0.25, 0.3) is 11.8 Å². The van der Waals surface area contributed by atoms with Gasteiger partial charge >= 0.3 is 0 Å². The molecule has 2 amide bonds. The first kappa shape index (κ1) is 19.8. The molecule has 3 rings (SSSR count). The number of halogens is 1. The van der Waals surface area contributed by atoms with Crippen LogP contribution in [0.1, 0.15) is 21.0 Å². The molecule has 1 heterocycles. The summed E-state index contributed by atoms with van der Waals surface area (Å²) in [7, 11) is 3.00. The number of hydrogen-bond acceptors (Lipinski definition) is 5. The molecule has 7 nitrogen and oxygen atoms in total. The van der Waals surface area contributed by atoms with Crippen molar-refractivity contribution in [2.75, 3.05) is 24.9 Å². The third kappa shape index (κ3) is 4.86. The van der Waals surface area contributed by atoms with Crippen LogP contribution < -0.4 is 20.1 Å². The highest BCUT2D eigenvalue weighted by atomic mass is 19.1. The van der Waals surface area contributed by atoms with Gasteiger partial charge in [0.15, 0.2) is 0 Å². The minimum atomic E-state index is -0.563. The number of carbonyl (C=O) groups is 2. The van der Waals surface area contributed by atoms with Gasteiger partial charge in [0.05, 0.1) is 19.9 Å². The maximum atomic E-state index is 13.3. The van der Waals surface area contributed by atoms with E-state index < -0.39 is 17.6 Å². The lowest BCUT2D eigenvalue weighted by molar-refractivity contribution is 0.101. The molecular formula is C21H18FN3O4. The Morgan fingerprint density at radius 3 is 2.21 bits per heavy atom. The van der Waals surface area contributed by atoms with Crippen LogP contribution in [0.5, 0.6) is 11.5 Å². The zero-order chi connectivity index (χ0) is 20.8. The number of rotatable bonds is 6. The predicted molar refractivity (Wildman–Crippen MR) is 106 cm³/mol. The monoisotopic (exact) mass is 395 g/mol. The van der Waals surface area contributed by atoms with Gasteiger partial charge in [-0.15, -0.1) is 0 Å². The van der Waals surface area contributed by atoms with Gasteiger partial charge in [-0.2, -0.15) is 0 Å². The van der Waals surface area contributed by atoms with Crippen molar-refractivity contribution in [3.63, 3.8) is 0 Å². The van der Waals surface area contributed by atoms with Crippen LogP contribution in [-0.4, -0.2) is 31.0 Å². The molecular weight excluding hydrogens is 377 g/mol. The van der Waals surface area contributed by atoms with E-state index in [1.165, 1.54) is 50.6 Å². The molecule has 1 aromatic heterocycles. The Morgan fingerprint density at radius 2 is 1.55 bits per heavy atom. The standard InChI is InChI=1S/C21H18FN3O4/c1-28-15-9-10-16(19(12-15)29-2)25-21(27)18-8-4-7-17(24-18)20(26)23-14-6-3-5-13(22)11-14/h3-12H,1-2H3,(H,23,26)(H,25,27). The van der Waals surface area contributed by atoms with E-state index in [9.17, 15) is 14.0 Å². The lowest BCUT2D eigenvalue weighted by Crippen LogP contribution is -2.18. The summed E-state index contributed by atoms with van der Waals surface area (Å²) in [6.07, 6.45) is 0. The normalized spacial score (nSPS) is 10.2. The molecule has 0 aliphatic rings. The largest absolute Gasteiger partial charge is 0.497 e.